The Morgan fingerprint density at radius 3 is 2.33 bits per heavy atom. The van der Waals surface area contributed by atoms with Crippen LogP contribution in [0.15, 0.2) is 71.8 Å². The number of nitrogens with zero attached hydrogens (tertiary/aromatic N) is 1. The minimum absolute atomic E-state index is 0. The molecule has 3 aromatic carbocycles. The molecule has 0 atom stereocenters. The Morgan fingerprint density at radius 2 is 1.72 bits per heavy atom. The van der Waals surface area contributed by atoms with E-state index in [4.69, 9.17) is 11.6 Å². The Kier molecular flexibility index (Phi) is 8.14. The normalized spacial score (nSPS) is 11.8. The molecule has 0 amide bonds. The van der Waals surface area contributed by atoms with Gasteiger partial charge in [-0.1, -0.05) is 23.7 Å². The van der Waals surface area contributed by atoms with Gasteiger partial charge >= 0.3 is 6.36 Å². The van der Waals surface area contributed by atoms with Gasteiger partial charge < -0.3 is 15.4 Å². The molecule has 4 rings (SSSR count). The van der Waals surface area contributed by atoms with Gasteiger partial charge in [-0.25, -0.2) is 12.4 Å². The molecule has 12 heteroatoms. The van der Waals surface area contributed by atoms with Crippen molar-refractivity contribution in [2.75, 3.05) is 12.4 Å². The third kappa shape index (κ3) is 5.89. The van der Waals surface area contributed by atoms with E-state index in [9.17, 15) is 21.6 Å². The van der Waals surface area contributed by atoms with Crippen molar-refractivity contribution in [2.24, 2.45) is 0 Å². The molecule has 192 valence electrons. The molecule has 0 unspecified atom stereocenters. The van der Waals surface area contributed by atoms with Crippen LogP contribution in [0.25, 0.3) is 10.9 Å². The van der Waals surface area contributed by atoms with E-state index >= 15 is 0 Å². The zero-order chi connectivity index (χ0) is 25.4. The summed E-state index contributed by atoms with van der Waals surface area (Å²) in [6.45, 7) is 2.33. The average Bonchev–Trinajstić information content (AvgIpc) is 3.14. The predicted octanol–water partition coefficient (Wildman–Crippen LogP) is 6.62. The lowest BCUT2D eigenvalue weighted by atomic mass is 10.1. The first-order chi connectivity index (χ1) is 16.5. The van der Waals surface area contributed by atoms with Crippen LogP contribution >= 0.6 is 24.0 Å². The topological polar surface area (TPSA) is 72.4 Å². The molecule has 0 spiro atoms. The molecule has 4 aromatic rings. The second-order valence-corrected chi connectivity index (χ2v) is 10.1. The maximum atomic E-state index is 13.5. The molecule has 0 saturated carbocycles. The molecule has 0 radical (unpaired) electrons. The summed E-state index contributed by atoms with van der Waals surface area (Å²) in [4.78, 5) is -0.181. The number of hydrogen-bond acceptors (Lipinski definition) is 5. The highest BCUT2D eigenvalue weighted by Gasteiger charge is 2.31. The van der Waals surface area contributed by atoms with Crippen molar-refractivity contribution in [2.45, 2.75) is 24.7 Å². The van der Waals surface area contributed by atoms with Crippen molar-refractivity contribution < 1.29 is 26.3 Å². The average molecular weight is 560 g/mol. The molecule has 0 aliphatic heterocycles. The van der Waals surface area contributed by atoms with Gasteiger partial charge in [-0.05, 0) is 73.6 Å². The second-order valence-electron chi connectivity index (χ2n) is 7.84. The highest BCUT2D eigenvalue weighted by atomic mass is 35.5. The van der Waals surface area contributed by atoms with Crippen molar-refractivity contribution in [1.29, 1.82) is 0 Å². The summed E-state index contributed by atoms with van der Waals surface area (Å²) in [5.74, 6) is -0.508. The SMILES string of the molecule is CNCc1cn(S(=O)(=O)c2ccc(OC(F)(F)F)cc2)c2cc(Nc3ccc(C)cc3Cl)ccc12.Cl. The molecule has 2 N–H and O–H groups in total. The number of ether oxygens (including phenoxy) is 1. The Morgan fingerprint density at radius 1 is 1.03 bits per heavy atom. The Balaban J connectivity index is 0.00000361. The Hall–Kier alpha value is -2.92. The van der Waals surface area contributed by atoms with Gasteiger partial charge in [0.15, 0.2) is 0 Å². The lowest BCUT2D eigenvalue weighted by Crippen LogP contribution is -2.17. The fourth-order valence-corrected chi connectivity index (χ4v) is 5.34. The fourth-order valence-electron chi connectivity index (χ4n) is 3.68. The maximum absolute atomic E-state index is 13.5. The van der Waals surface area contributed by atoms with Crippen LogP contribution in [-0.2, 0) is 16.6 Å². The quantitative estimate of drug-likeness (QED) is 0.266. The fraction of sp³-hybridized carbons (Fsp3) is 0.167. The third-order valence-electron chi connectivity index (χ3n) is 5.24. The van der Waals surface area contributed by atoms with Crippen LogP contribution in [0.5, 0.6) is 5.75 Å². The van der Waals surface area contributed by atoms with E-state index in [2.05, 4.69) is 15.4 Å². The highest BCUT2D eigenvalue weighted by Crippen LogP contribution is 2.32. The molecule has 0 aliphatic rings. The molecule has 0 saturated heterocycles. The zero-order valence-corrected chi connectivity index (χ0v) is 21.4. The number of aryl methyl sites for hydroxylation is 1. The molecule has 1 heterocycles. The van der Waals surface area contributed by atoms with Gasteiger partial charge in [-0.2, -0.15) is 0 Å². The molecule has 6 nitrogen and oxygen atoms in total. The Bertz CT molecular complexity index is 1490. The number of anilines is 2. The van der Waals surface area contributed by atoms with Gasteiger partial charge in [0.2, 0.25) is 0 Å². The number of aromatic nitrogens is 1. The van der Waals surface area contributed by atoms with Crippen molar-refractivity contribution >= 4 is 56.3 Å². The minimum atomic E-state index is -4.87. The zero-order valence-electron chi connectivity index (χ0n) is 19.1. The number of rotatable bonds is 7. The van der Waals surface area contributed by atoms with Crippen molar-refractivity contribution in [3.63, 3.8) is 0 Å². The van der Waals surface area contributed by atoms with Gasteiger partial charge in [0.1, 0.15) is 5.75 Å². The summed E-state index contributed by atoms with van der Waals surface area (Å²) >= 11 is 6.33. The van der Waals surface area contributed by atoms with E-state index in [0.717, 1.165) is 39.4 Å². The summed E-state index contributed by atoms with van der Waals surface area (Å²) in [5, 5.41) is 7.44. The van der Waals surface area contributed by atoms with Gasteiger partial charge in [0, 0.05) is 23.8 Å². The van der Waals surface area contributed by atoms with E-state index in [1.807, 2.05) is 31.2 Å². The van der Waals surface area contributed by atoms with Crippen molar-refractivity contribution in [3.05, 3.63) is 83.0 Å². The monoisotopic (exact) mass is 559 g/mol. The summed E-state index contributed by atoms with van der Waals surface area (Å²) in [6.07, 6.45) is -3.37. The summed E-state index contributed by atoms with van der Waals surface area (Å²) in [5.41, 5.74) is 3.41. The van der Waals surface area contributed by atoms with Crippen LogP contribution < -0.4 is 15.4 Å². The summed E-state index contributed by atoms with van der Waals surface area (Å²) < 4.78 is 69.3. The number of benzene rings is 3. The lowest BCUT2D eigenvalue weighted by Gasteiger charge is -2.12. The van der Waals surface area contributed by atoms with Crippen LogP contribution in [0.1, 0.15) is 11.1 Å². The standard InChI is InChI=1S/C24H21ClF3N3O3S.ClH/c1-15-3-10-22(21(25)11-15)30-17-4-9-20-16(13-29-2)14-31(23(20)12-17)35(32,33)19-7-5-18(6-8-19)34-24(26,27)28;/h3-12,14,29-30H,13H2,1-2H3;1H. The van der Waals surface area contributed by atoms with E-state index in [1.165, 1.54) is 6.20 Å². The van der Waals surface area contributed by atoms with Crippen molar-refractivity contribution in [1.82, 2.24) is 9.29 Å². The smallest absolute Gasteiger partial charge is 0.406 e. The van der Waals surface area contributed by atoms with Gasteiger partial charge in [-0.15, -0.1) is 25.6 Å². The number of hydrogen-bond donors (Lipinski definition) is 2. The molecular formula is C24H22Cl2F3N3O3S. The predicted molar refractivity (Wildman–Crippen MR) is 137 cm³/mol. The first kappa shape index (κ1) is 27.7. The maximum Gasteiger partial charge on any atom is 0.573 e. The van der Waals surface area contributed by atoms with Gasteiger partial charge in [0.05, 0.1) is 21.1 Å². The molecular weight excluding hydrogens is 538 g/mol. The van der Waals surface area contributed by atoms with Crippen LogP contribution in [0, 0.1) is 6.92 Å². The molecule has 0 fully saturated rings. The van der Waals surface area contributed by atoms with E-state index in [-0.39, 0.29) is 17.3 Å². The number of halogens is 5. The molecule has 0 bridgehead atoms. The van der Waals surface area contributed by atoms with Crippen LogP contribution in [0.4, 0.5) is 24.5 Å². The molecule has 1 aromatic heterocycles. The lowest BCUT2D eigenvalue weighted by molar-refractivity contribution is -0.274. The van der Waals surface area contributed by atoms with Crippen molar-refractivity contribution in [3.8, 4) is 5.75 Å². The summed E-state index contributed by atoms with van der Waals surface area (Å²) in [7, 11) is -2.39. The molecule has 0 aliphatic carbocycles. The number of nitrogens with one attached hydrogen (secondary N) is 2. The second kappa shape index (κ2) is 10.6. The summed E-state index contributed by atoms with van der Waals surface area (Å²) in [6, 6.07) is 14.9. The minimum Gasteiger partial charge on any atom is -0.406 e. The van der Waals surface area contributed by atoms with E-state index in [1.54, 1.807) is 19.2 Å². The Labute approximate surface area is 217 Å². The first-order valence-corrected chi connectivity index (χ1v) is 12.2. The van der Waals surface area contributed by atoms with Crippen LogP contribution in [0.2, 0.25) is 5.02 Å². The van der Waals surface area contributed by atoms with Crippen LogP contribution in [0.3, 0.4) is 0 Å². The molecule has 36 heavy (non-hydrogen) atoms. The van der Waals surface area contributed by atoms with Gasteiger partial charge in [0.25, 0.3) is 10.0 Å². The highest BCUT2D eigenvalue weighted by molar-refractivity contribution is 7.90. The first-order valence-electron chi connectivity index (χ1n) is 10.4. The third-order valence-corrected chi connectivity index (χ3v) is 7.24. The largest absolute Gasteiger partial charge is 0.573 e. The van der Waals surface area contributed by atoms with Crippen LogP contribution in [-0.4, -0.2) is 25.8 Å². The van der Waals surface area contributed by atoms with Gasteiger partial charge in [-0.3, -0.25) is 0 Å². The van der Waals surface area contributed by atoms with E-state index < -0.39 is 22.1 Å². The number of alkyl halides is 3. The van der Waals surface area contributed by atoms with E-state index in [0.29, 0.717) is 33.8 Å². The number of fused-ring (bicyclic) bond motifs is 1.